The Balaban J connectivity index is 1.73. The van der Waals surface area contributed by atoms with E-state index in [1.807, 2.05) is 17.1 Å². The summed E-state index contributed by atoms with van der Waals surface area (Å²) in [5, 5.41) is 2.91. The minimum atomic E-state index is 0.0695. The molecule has 2 aliphatic rings. The molecule has 0 aromatic carbocycles. The lowest BCUT2D eigenvalue weighted by atomic mass is 10.1. The van der Waals surface area contributed by atoms with Crippen LogP contribution in [0.1, 0.15) is 12.8 Å². The third-order valence-electron chi connectivity index (χ3n) is 2.55. The Kier molecular flexibility index (Phi) is 2.87. The van der Waals surface area contributed by atoms with Gasteiger partial charge < -0.3 is 10.2 Å². The second kappa shape index (κ2) is 4.31. The van der Waals surface area contributed by atoms with Crippen LogP contribution in [0.5, 0.6) is 0 Å². The number of hydrogen-bond acceptors (Lipinski definition) is 1. The number of nitrogens with zero attached hydrogens (tertiary/aromatic N) is 1. The minimum Gasteiger partial charge on any atom is -0.334 e. The van der Waals surface area contributed by atoms with Gasteiger partial charge in [0.05, 0.1) is 0 Å². The van der Waals surface area contributed by atoms with E-state index < -0.39 is 0 Å². The standard InChI is InChI=1S/C11H15N2O/c14-11(13-7-4-8-13)12-9-10-5-2-1-3-6-10/h1-2,5-6H,3-4,7-9H2,(H,12,14). The second-order valence-electron chi connectivity index (χ2n) is 3.61. The molecule has 1 saturated heterocycles. The molecule has 0 atom stereocenters. The predicted octanol–water partition coefficient (Wildman–Crippen LogP) is 1.49. The minimum absolute atomic E-state index is 0.0695. The van der Waals surface area contributed by atoms with E-state index in [1.54, 1.807) is 0 Å². The molecule has 2 rings (SSSR count). The maximum Gasteiger partial charge on any atom is 0.317 e. The maximum atomic E-state index is 11.4. The highest BCUT2D eigenvalue weighted by molar-refractivity contribution is 5.75. The molecule has 0 bridgehead atoms. The molecule has 3 heteroatoms. The van der Waals surface area contributed by atoms with E-state index in [0.717, 1.165) is 25.9 Å². The van der Waals surface area contributed by atoms with Crippen molar-refractivity contribution in [3.63, 3.8) is 0 Å². The van der Waals surface area contributed by atoms with Crippen molar-refractivity contribution in [1.29, 1.82) is 0 Å². The molecule has 0 aromatic heterocycles. The van der Waals surface area contributed by atoms with Crippen molar-refractivity contribution in [2.75, 3.05) is 19.6 Å². The number of hydrogen-bond donors (Lipinski definition) is 1. The average molecular weight is 191 g/mol. The molecular formula is C11H15N2O. The molecule has 0 saturated carbocycles. The zero-order chi connectivity index (χ0) is 9.80. The summed E-state index contributed by atoms with van der Waals surface area (Å²) in [7, 11) is 0. The van der Waals surface area contributed by atoms with Crippen LogP contribution in [0, 0.1) is 6.42 Å². The molecule has 1 N–H and O–H groups in total. The lowest BCUT2D eigenvalue weighted by Crippen LogP contribution is -2.48. The molecule has 1 radical (unpaired) electrons. The highest BCUT2D eigenvalue weighted by atomic mass is 16.2. The Morgan fingerprint density at radius 1 is 1.50 bits per heavy atom. The Labute approximate surface area is 84.5 Å². The maximum absolute atomic E-state index is 11.4. The number of carbonyl (C=O) groups is 1. The van der Waals surface area contributed by atoms with Crippen molar-refractivity contribution in [2.24, 2.45) is 0 Å². The van der Waals surface area contributed by atoms with E-state index in [9.17, 15) is 4.79 Å². The van der Waals surface area contributed by atoms with E-state index in [1.165, 1.54) is 5.57 Å². The summed E-state index contributed by atoms with van der Waals surface area (Å²) in [5.74, 6) is 0. The zero-order valence-corrected chi connectivity index (χ0v) is 8.20. The van der Waals surface area contributed by atoms with Crippen LogP contribution >= 0.6 is 0 Å². The monoisotopic (exact) mass is 191 g/mol. The fraction of sp³-hybridized carbons (Fsp3) is 0.455. The highest BCUT2D eigenvalue weighted by Gasteiger charge is 2.19. The summed E-state index contributed by atoms with van der Waals surface area (Å²) in [6.45, 7) is 2.47. The third-order valence-corrected chi connectivity index (χ3v) is 2.55. The van der Waals surface area contributed by atoms with E-state index >= 15 is 0 Å². The first-order valence-corrected chi connectivity index (χ1v) is 5.08. The van der Waals surface area contributed by atoms with Gasteiger partial charge in [0, 0.05) is 19.6 Å². The molecule has 3 nitrogen and oxygen atoms in total. The van der Waals surface area contributed by atoms with E-state index in [0.29, 0.717) is 6.54 Å². The molecule has 0 unspecified atom stereocenters. The molecule has 1 aliphatic carbocycles. The summed E-state index contributed by atoms with van der Waals surface area (Å²) < 4.78 is 0. The van der Waals surface area contributed by atoms with E-state index in [4.69, 9.17) is 0 Å². The lowest BCUT2D eigenvalue weighted by molar-refractivity contribution is 0.168. The molecule has 1 heterocycles. The summed E-state index contributed by atoms with van der Waals surface area (Å²) in [5.41, 5.74) is 1.20. The van der Waals surface area contributed by atoms with Crippen LogP contribution in [-0.4, -0.2) is 30.6 Å². The Morgan fingerprint density at radius 3 is 2.93 bits per heavy atom. The number of rotatable bonds is 2. The summed E-state index contributed by atoms with van der Waals surface area (Å²) >= 11 is 0. The fourth-order valence-corrected chi connectivity index (χ4v) is 1.50. The van der Waals surface area contributed by atoms with Crippen LogP contribution in [0.3, 0.4) is 0 Å². The van der Waals surface area contributed by atoms with Crippen LogP contribution < -0.4 is 5.32 Å². The molecule has 14 heavy (non-hydrogen) atoms. The first-order chi connectivity index (χ1) is 6.86. The van der Waals surface area contributed by atoms with Gasteiger partial charge in [-0.1, -0.05) is 18.2 Å². The largest absolute Gasteiger partial charge is 0.334 e. The molecular weight excluding hydrogens is 176 g/mol. The predicted molar refractivity (Wildman–Crippen MR) is 55.7 cm³/mol. The van der Waals surface area contributed by atoms with Gasteiger partial charge in [0.25, 0.3) is 0 Å². The van der Waals surface area contributed by atoms with Crippen molar-refractivity contribution in [1.82, 2.24) is 10.2 Å². The van der Waals surface area contributed by atoms with Crippen LogP contribution in [0.25, 0.3) is 0 Å². The Bertz CT molecular complexity index is 277. The van der Waals surface area contributed by atoms with Gasteiger partial charge in [0.1, 0.15) is 0 Å². The zero-order valence-electron chi connectivity index (χ0n) is 8.20. The molecule has 1 fully saturated rings. The van der Waals surface area contributed by atoms with Gasteiger partial charge in [0.2, 0.25) is 0 Å². The normalized spacial score (nSPS) is 20.0. The summed E-state index contributed by atoms with van der Waals surface area (Å²) in [6.07, 6.45) is 10.4. The van der Waals surface area contributed by atoms with Gasteiger partial charge in [0.15, 0.2) is 0 Å². The molecule has 0 spiro atoms. The molecule has 1 aliphatic heterocycles. The number of urea groups is 1. The van der Waals surface area contributed by atoms with Crippen LogP contribution in [0.4, 0.5) is 4.79 Å². The van der Waals surface area contributed by atoms with Gasteiger partial charge in [-0.25, -0.2) is 4.79 Å². The van der Waals surface area contributed by atoms with E-state index in [2.05, 4.69) is 17.8 Å². The first-order valence-electron chi connectivity index (χ1n) is 5.08. The van der Waals surface area contributed by atoms with Crippen LogP contribution in [-0.2, 0) is 0 Å². The van der Waals surface area contributed by atoms with Gasteiger partial charge >= 0.3 is 6.03 Å². The highest BCUT2D eigenvalue weighted by Crippen LogP contribution is 2.09. The average Bonchev–Trinajstić information content (AvgIpc) is 2.14. The van der Waals surface area contributed by atoms with Gasteiger partial charge in [-0.05, 0) is 24.8 Å². The van der Waals surface area contributed by atoms with Crippen molar-refractivity contribution in [3.05, 3.63) is 30.2 Å². The number of carbonyl (C=O) groups excluding carboxylic acids is 1. The number of allylic oxidation sites excluding steroid dienone is 2. The summed E-state index contributed by atoms with van der Waals surface area (Å²) in [4.78, 5) is 13.3. The quantitative estimate of drug-likeness (QED) is 0.704. The number of amides is 2. The Morgan fingerprint density at radius 2 is 2.36 bits per heavy atom. The van der Waals surface area contributed by atoms with Crippen molar-refractivity contribution < 1.29 is 4.79 Å². The summed E-state index contributed by atoms with van der Waals surface area (Å²) in [6, 6.07) is 0.0695. The third kappa shape index (κ3) is 2.16. The van der Waals surface area contributed by atoms with Crippen molar-refractivity contribution in [3.8, 4) is 0 Å². The van der Waals surface area contributed by atoms with Gasteiger partial charge in [-0.15, -0.1) is 0 Å². The van der Waals surface area contributed by atoms with Crippen LogP contribution in [0.15, 0.2) is 23.8 Å². The van der Waals surface area contributed by atoms with Crippen molar-refractivity contribution in [2.45, 2.75) is 12.8 Å². The lowest BCUT2D eigenvalue weighted by Gasteiger charge is -2.30. The van der Waals surface area contributed by atoms with Crippen LogP contribution in [0.2, 0.25) is 0 Å². The topological polar surface area (TPSA) is 32.3 Å². The number of nitrogens with one attached hydrogen (secondary N) is 1. The SMILES string of the molecule is O=C(NCC1=CC[CH]C=C1)N1CCC1. The molecule has 2 amide bonds. The Hall–Kier alpha value is -1.25. The van der Waals surface area contributed by atoms with Gasteiger partial charge in [-0.2, -0.15) is 0 Å². The smallest absolute Gasteiger partial charge is 0.317 e. The second-order valence-corrected chi connectivity index (χ2v) is 3.61. The van der Waals surface area contributed by atoms with Gasteiger partial charge in [-0.3, -0.25) is 0 Å². The van der Waals surface area contributed by atoms with E-state index in [-0.39, 0.29) is 6.03 Å². The first kappa shape index (κ1) is 9.31. The molecule has 0 aromatic rings. The molecule has 75 valence electrons. The fourth-order valence-electron chi connectivity index (χ4n) is 1.50. The van der Waals surface area contributed by atoms with Crippen molar-refractivity contribution >= 4 is 6.03 Å². The number of likely N-dealkylation sites (tertiary alicyclic amines) is 1.